The van der Waals surface area contributed by atoms with Crippen molar-refractivity contribution in [1.82, 2.24) is 0 Å². The van der Waals surface area contributed by atoms with Gasteiger partial charge in [-0.1, -0.05) is 38.3 Å². The first-order valence-corrected chi connectivity index (χ1v) is 8.14. The zero-order valence-electron chi connectivity index (χ0n) is 13.7. The minimum Gasteiger partial charge on any atom is -0.466 e. The van der Waals surface area contributed by atoms with Crippen LogP contribution in [0.5, 0.6) is 0 Å². The number of ether oxygens (including phenoxy) is 1. The Morgan fingerprint density at radius 2 is 1.91 bits per heavy atom. The molecule has 0 aliphatic rings. The van der Waals surface area contributed by atoms with Crippen molar-refractivity contribution in [2.75, 3.05) is 11.9 Å². The Bertz CT molecular complexity index is 471. The van der Waals surface area contributed by atoms with Crippen LogP contribution in [0.4, 0.5) is 5.69 Å². The Kier molecular flexibility index (Phi) is 8.96. The van der Waals surface area contributed by atoms with E-state index in [1.807, 2.05) is 31.2 Å². The Hall–Kier alpha value is -1.84. The number of carbonyl (C=O) groups is 2. The van der Waals surface area contributed by atoms with Gasteiger partial charge in [0.05, 0.1) is 6.61 Å². The van der Waals surface area contributed by atoms with Crippen LogP contribution in [0.1, 0.15) is 57.4 Å². The van der Waals surface area contributed by atoms with Crippen LogP contribution in [0.15, 0.2) is 24.3 Å². The molecule has 1 aromatic rings. The molecular weight excluding hydrogens is 278 g/mol. The molecule has 1 amide bonds. The maximum absolute atomic E-state index is 11.8. The molecule has 0 unspecified atom stereocenters. The molecule has 1 N–H and O–H groups in total. The van der Waals surface area contributed by atoms with Crippen LogP contribution in [0.3, 0.4) is 0 Å². The molecule has 0 atom stereocenters. The van der Waals surface area contributed by atoms with Gasteiger partial charge in [-0.2, -0.15) is 0 Å². The van der Waals surface area contributed by atoms with Crippen molar-refractivity contribution in [3.63, 3.8) is 0 Å². The van der Waals surface area contributed by atoms with Crippen molar-refractivity contribution >= 4 is 17.6 Å². The first-order chi connectivity index (χ1) is 10.6. The maximum atomic E-state index is 11.8. The van der Waals surface area contributed by atoms with Crippen LogP contribution >= 0.6 is 0 Å². The predicted molar refractivity (Wildman–Crippen MR) is 88.8 cm³/mol. The number of unbranched alkanes of at least 4 members (excludes halogenated alkanes) is 3. The van der Waals surface area contributed by atoms with Gasteiger partial charge in [0.25, 0.3) is 0 Å². The molecule has 0 saturated heterocycles. The molecule has 122 valence electrons. The van der Waals surface area contributed by atoms with Crippen molar-refractivity contribution in [3.8, 4) is 0 Å². The van der Waals surface area contributed by atoms with Gasteiger partial charge in [-0.3, -0.25) is 9.59 Å². The molecule has 22 heavy (non-hydrogen) atoms. The number of aryl methyl sites for hydroxylation is 1. The number of rotatable bonds is 10. The van der Waals surface area contributed by atoms with E-state index in [0.717, 1.165) is 24.1 Å². The van der Waals surface area contributed by atoms with Gasteiger partial charge in [0.2, 0.25) is 5.91 Å². The molecular formula is C18H27NO3. The zero-order chi connectivity index (χ0) is 16.2. The number of hydrogen-bond acceptors (Lipinski definition) is 3. The van der Waals surface area contributed by atoms with E-state index in [4.69, 9.17) is 4.74 Å². The number of nitrogens with one attached hydrogen (secondary N) is 1. The third-order valence-corrected chi connectivity index (χ3v) is 3.35. The maximum Gasteiger partial charge on any atom is 0.305 e. The number of esters is 1. The highest BCUT2D eigenvalue weighted by Crippen LogP contribution is 2.10. The van der Waals surface area contributed by atoms with E-state index in [1.54, 1.807) is 0 Å². The summed E-state index contributed by atoms with van der Waals surface area (Å²) in [4.78, 5) is 23.3. The first kappa shape index (κ1) is 18.2. The monoisotopic (exact) mass is 305 g/mol. The van der Waals surface area contributed by atoms with Gasteiger partial charge in [-0.05, 0) is 37.5 Å². The molecule has 0 heterocycles. The molecule has 4 nitrogen and oxygen atoms in total. The van der Waals surface area contributed by atoms with E-state index in [0.29, 0.717) is 25.9 Å². The van der Waals surface area contributed by atoms with Crippen molar-refractivity contribution in [2.24, 2.45) is 0 Å². The van der Waals surface area contributed by atoms with Gasteiger partial charge in [0, 0.05) is 18.5 Å². The third-order valence-electron chi connectivity index (χ3n) is 3.35. The fourth-order valence-electron chi connectivity index (χ4n) is 2.13. The zero-order valence-corrected chi connectivity index (χ0v) is 13.7. The lowest BCUT2D eigenvalue weighted by atomic mass is 10.2. The molecule has 0 bridgehead atoms. The number of amides is 1. The summed E-state index contributed by atoms with van der Waals surface area (Å²) in [5.41, 5.74) is 1.90. The average Bonchev–Trinajstić information content (AvgIpc) is 2.47. The van der Waals surface area contributed by atoms with E-state index >= 15 is 0 Å². The quantitative estimate of drug-likeness (QED) is 0.520. The molecule has 0 aromatic heterocycles. The molecule has 0 aliphatic heterocycles. The first-order valence-electron chi connectivity index (χ1n) is 8.14. The molecule has 1 aromatic carbocycles. The summed E-state index contributed by atoms with van der Waals surface area (Å²) >= 11 is 0. The summed E-state index contributed by atoms with van der Waals surface area (Å²) in [6.07, 6.45) is 5.52. The lowest BCUT2D eigenvalue weighted by Gasteiger charge is -2.06. The van der Waals surface area contributed by atoms with E-state index in [9.17, 15) is 9.59 Å². The van der Waals surface area contributed by atoms with Crippen LogP contribution in [0, 0.1) is 6.92 Å². The SMILES string of the molecule is CCCCCCOC(=O)CCCC(=O)Nc1cccc(C)c1. The minimum atomic E-state index is -0.208. The molecule has 4 heteroatoms. The normalized spacial score (nSPS) is 10.3. The second kappa shape index (κ2) is 10.8. The van der Waals surface area contributed by atoms with Gasteiger partial charge < -0.3 is 10.1 Å². The van der Waals surface area contributed by atoms with Gasteiger partial charge in [-0.25, -0.2) is 0 Å². The number of carbonyl (C=O) groups excluding carboxylic acids is 2. The Morgan fingerprint density at radius 1 is 1.09 bits per heavy atom. The van der Waals surface area contributed by atoms with Crippen molar-refractivity contribution < 1.29 is 14.3 Å². The smallest absolute Gasteiger partial charge is 0.305 e. The van der Waals surface area contributed by atoms with Gasteiger partial charge in [-0.15, -0.1) is 0 Å². The standard InChI is InChI=1S/C18H27NO3/c1-3-4-5-6-13-22-18(21)12-8-11-17(20)19-16-10-7-9-15(2)14-16/h7,9-10,14H,3-6,8,11-13H2,1-2H3,(H,19,20). The highest BCUT2D eigenvalue weighted by Gasteiger charge is 2.06. The summed E-state index contributed by atoms with van der Waals surface area (Å²) in [6, 6.07) is 7.66. The molecule has 0 radical (unpaired) electrons. The summed E-state index contributed by atoms with van der Waals surface area (Å²) < 4.78 is 5.13. The van der Waals surface area contributed by atoms with Crippen molar-refractivity contribution in [1.29, 1.82) is 0 Å². The topological polar surface area (TPSA) is 55.4 Å². The van der Waals surface area contributed by atoms with Crippen LogP contribution in [0.25, 0.3) is 0 Å². The Morgan fingerprint density at radius 3 is 2.64 bits per heavy atom. The predicted octanol–water partition coefficient (Wildman–Crippen LogP) is 4.23. The fraction of sp³-hybridized carbons (Fsp3) is 0.556. The third kappa shape index (κ3) is 8.45. The fourth-order valence-corrected chi connectivity index (χ4v) is 2.13. The highest BCUT2D eigenvalue weighted by molar-refractivity contribution is 5.90. The molecule has 0 spiro atoms. The van der Waals surface area contributed by atoms with Gasteiger partial charge in [0.15, 0.2) is 0 Å². The number of anilines is 1. The summed E-state index contributed by atoms with van der Waals surface area (Å²) in [5, 5.41) is 2.83. The summed E-state index contributed by atoms with van der Waals surface area (Å²) in [6.45, 7) is 4.62. The van der Waals surface area contributed by atoms with Gasteiger partial charge >= 0.3 is 5.97 Å². The van der Waals surface area contributed by atoms with Crippen molar-refractivity contribution in [3.05, 3.63) is 29.8 Å². The second-order valence-electron chi connectivity index (χ2n) is 5.55. The summed E-state index contributed by atoms with van der Waals surface area (Å²) in [7, 11) is 0. The lowest BCUT2D eigenvalue weighted by Crippen LogP contribution is -2.13. The molecule has 0 aliphatic carbocycles. The van der Waals surface area contributed by atoms with E-state index < -0.39 is 0 Å². The van der Waals surface area contributed by atoms with E-state index in [-0.39, 0.29) is 11.9 Å². The van der Waals surface area contributed by atoms with Gasteiger partial charge in [0.1, 0.15) is 0 Å². The lowest BCUT2D eigenvalue weighted by molar-refractivity contribution is -0.143. The number of benzene rings is 1. The van der Waals surface area contributed by atoms with Crippen molar-refractivity contribution in [2.45, 2.75) is 58.8 Å². The Labute approximate surface area is 133 Å². The minimum absolute atomic E-state index is 0.0682. The largest absolute Gasteiger partial charge is 0.466 e. The second-order valence-corrected chi connectivity index (χ2v) is 5.55. The highest BCUT2D eigenvalue weighted by atomic mass is 16.5. The van der Waals surface area contributed by atoms with E-state index in [2.05, 4.69) is 12.2 Å². The molecule has 0 fully saturated rings. The Balaban J connectivity index is 2.10. The van der Waals surface area contributed by atoms with Crippen LogP contribution in [-0.4, -0.2) is 18.5 Å². The van der Waals surface area contributed by atoms with Crippen LogP contribution in [0.2, 0.25) is 0 Å². The van der Waals surface area contributed by atoms with Crippen LogP contribution < -0.4 is 5.32 Å². The summed E-state index contributed by atoms with van der Waals surface area (Å²) in [5.74, 6) is -0.277. The molecule has 0 saturated carbocycles. The van der Waals surface area contributed by atoms with Crippen LogP contribution in [-0.2, 0) is 14.3 Å². The number of hydrogen-bond donors (Lipinski definition) is 1. The van der Waals surface area contributed by atoms with E-state index in [1.165, 1.54) is 12.8 Å². The average molecular weight is 305 g/mol. The molecule has 1 rings (SSSR count).